The number of esters is 1. The summed E-state index contributed by atoms with van der Waals surface area (Å²) in [6.07, 6.45) is 8.37. The lowest BCUT2D eigenvalue weighted by Crippen LogP contribution is -2.32. The van der Waals surface area contributed by atoms with Gasteiger partial charge < -0.3 is 9.84 Å². The van der Waals surface area contributed by atoms with E-state index in [1.54, 1.807) is 19.9 Å². The minimum absolute atomic E-state index is 0.00749. The smallest absolute Gasteiger partial charge is 0.305 e. The highest BCUT2D eigenvalue weighted by atomic mass is 16.5. The number of ether oxygens (including phenoxy) is 1. The van der Waals surface area contributed by atoms with Crippen molar-refractivity contribution < 1.29 is 14.6 Å². The summed E-state index contributed by atoms with van der Waals surface area (Å²) < 4.78 is 4.84. The lowest BCUT2D eigenvalue weighted by atomic mass is 9.82. The second kappa shape index (κ2) is 5.12. The monoisotopic (exact) mass is 210 g/mol. The standard InChI is InChI=1S/C12H18O3/c1-3-15-11(13)8-7-10-6-4-5-9-12(10,2)14/h4-6,9-10,14H,3,7-8H2,1-2H3/t10-,12+/m1/s1. The molecular formula is C12H18O3. The molecule has 0 fully saturated rings. The predicted molar refractivity (Wildman–Crippen MR) is 58.3 cm³/mol. The van der Waals surface area contributed by atoms with E-state index in [1.165, 1.54) is 0 Å². The van der Waals surface area contributed by atoms with Crippen molar-refractivity contribution in [2.45, 2.75) is 32.3 Å². The molecule has 0 radical (unpaired) electrons. The fourth-order valence-corrected chi connectivity index (χ4v) is 1.66. The van der Waals surface area contributed by atoms with Crippen molar-refractivity contribution in [3.05, 3.63) is 24.3 Å². The van der Waals surface area contributed by atoms with Crippen LogP contribution in [0, 0.1) is 5.92 Å². The van der Waals surface area contributed by atoms with Crippen LogP contribution in [0.4, 0.5) is 0 Å². The van der Waals surface area contributed by atoms with Gasteiger partial charge in [0.25, 0.3) is 0 Å². The molecule has 2 atom stereocenters. The summed E-state index contributed by atoms with van der Waals surface area (Å²) in [5, 5.41) is 9.99. The number of carbonyl (C=O) groups is 1. The zero-order chi connectivity index (χ0) is 11.3. The van der Waals surface area contributed by atoms with Gasteiger partial charge >= 0.3 is 5.97 Å². The molecule has 3 heteroatoms. The minimum Gasteiger partial charge on any atom is -0.466 e. The highest BCUT2D eigenvalue weighted by molar-refractivity contribution is 5.69. The molecule has 0 unspecified atom stereocenters. The molecule has 0 spiro atoms. The van der Waals surface area contributed by atoms with Gasteiger partial charge in [-0.15, -0.1) is 0 Å². The molecule has 0 bridgehead atoms. The summed E-state index contributed by atoms with van der Waals surface area (Å²) >= 11 is 0. The maximum absolute atomic E-state index is 11.2. The van der Waals surface area contributed by atoms with Crippen LogP contribution >= 0.6 is 0 Å². The fourth-order valence-electron chi connectivity index (χ4n) is 1.66. The van der Waals surface area contributed by atoms with E-state index >= 15 is 0 Å². The number of hydrogen-bond acceptors (Lipinski definition) is 3. The Morgan fingerprint density at radius 1 is 1.53 bits per heavy atom. The third-order valence-corrected chi connectivity index (χ3v) is 2.60. The number of hydrogen-bond donors (Lipinski definition) is 1. The van der Waals surface area contributed by atoms with Gasteiger partial charge in [0.2, 0.25) is 0 Å². The number of rotatable bonds is 4. The second-order valence-electron chi connectivity index (χ2n) is 3.92. The van der Waals surface area contributed by atoms with E-state index in [0.717, 1.165) is 0 Å². The first kappa shape index (κ1) is 12.0. The van der Waals surface area contributed by atoms with Crippen molar-refractivity contribution in [3.63, 3.8) is 0 Å². The zero-order valence-corrected chi connectivity index (χ0v) is 9.27. The van der Waals surface area contributed by atoms with E-state index in [2.05, 4.69) is 0 Å². The topological polar surface area (TPSA) is 46.5 Å². The summed E-state index contributed by atoms with van der Waals surface area (Å²) in [5.74, 6) is -0.205. The van der Waals surface area contributed by atoms with Crippen LogP contribution in [0.1, 0.15) is 26.7 Å². The molecule has 0 saturated carbocycles. The lowest BCUT2D eigenvalue weighted by Gasteiger charge is -2.29. The summed E-state index contributed by atoms with van der Waals surface area (Å²) in [5.41, 5.74) is -0.846. The summed E-state index contributed by atoms with van der Waals surface area (Å²) in [6, 6.07) is 0. The Kier molecular flexibility index (Phi) is 4.09. The quantitative estimate of drug-likeness (QED) is 0.720. The highest BCUT2D eigenvalue weighted by Crippen LogP contribution is 2.27. The molecule has 0 aromatic rings. The third-order valence-electron chi connectivity index (χ3n) is 2.60. The molecular weight excluding hydrogens is 192 g/mol. The largest absolute Gasteiger partial charge is 0.466 e. The molecule has 0 aromatic carbocycles. The van der Waals surface area contributed by atoms with Crippen LogP contribution in [0.2, 0.25) is 0 Å². The van der Waals surface area contributed by atoms with Gasteiger partial charge in [-0.3, -0.25) is 4.79 Å². The molecule has 1 aliphatic rings. The molecule has 1 rings (SSSR count). The fraction of sp³-hybridized carbons (Fsp3) is 0.583. The Hall–Kier alpha value is -1.09. The van der Waals surface area contributed by atoms with E-state index in [9.17, 15) is 9.90 Å². The first-order chi connectivity index (χ1) is 7.06. The Bertz CT molecular complexity index is 277. The predicted octanol–water partition coefficient (Wildman–Crippen LogP) is 1.82. The molecule has 84 valence electrons. The maximum Gasteiger partial charge on any atom is 0.305 e. The third kappa shape index (κ3) is 3.51. The molecule has 3 nitrogen and oxygen atoms in total. The number of carbonyl (C=O) groups excluding carboxylic acids is 1. The second-order valence-corrected chi connectivity index (χ2v) is 3.92. The van der Waals surface area contributed by atoms with Crippen LogP contribution in [0.15, 0.2) is 24.3 Å². The van der Waals surface area contributed by atoms with Crippen LogP contribution in [0.25, 0.3) is 0 Å². The van der Waals surface area contributed by atoms with E-state index in [0.29, 0.717) is 19.4 Å². The molecule has 1 N–H and O–H groups in total. The van der Waals surface area contributed by atoms with Gasteiger partial charge in [0, 0.05) is 12.3 Å². The van der Waals surface area contributed by atoms with Crippen molar-refractivity contribution in [2.24, 2.45) is 5.92 Å². The minimum atomic E-state index is -0.846. The van der Waals surface area contributed by atoms with Crippen LogP contribution in [-0.4, -0.2) is 23.3 Å². The van der Waals surface area contributed by atoms with Crippen LogP contribution in [-0.2, 0) is 9.53 Å². The van der Waals surface area contributed by atoms with Crippen molar-refractivity contribution >= 4 is 5.97 Å². The lowest BCUT2D eigenvalue weighted by molar-refractivity contribution is -0.143. The average molecular weight is 210 g/mol. The molecule has 0 heterocycles. The van der Waals surface area contributed by atoms with E-state index < -0.39 is 5.60 Å². The Morgan fingerprint density at radius 3 is 2.87 bits per heavy atom. The maximum atomic E-state index is 11.2. The molecule has 0 aliphatic heterocycles. The Labute approximate surface area is 90.4 Å². The van der Waals surface area contributed by atoms with Crippen molar-refractivity contribution in [3.8, 4) is 0 Å². The number of allylic oxidation sites excluding steroid dienone is 2. The first-order valence-corrected chi connectivity index (χ1v) is 5.30. The molecule has 1 aliphatic carbocycles. The summed E-state index contributed by atoms with van der Waals surface area (Å²) in [7, 11) is 0. The zero-order valence-electron chi connectivity index (χ0n) is 9.27. The van der Waals surface area contributed by atoms with Crippen molar-refractivity contribution in [1.29, 1.82) is 0 Å². The van der Waals surface area contributed by atoms with Gasteiger partial charge in [-0.2, -0.15) is 0 Å². The Balaban J connectivity index is 2.42. The first-order valence-electron chi connectivity index (χ1n) is 5.30. The van der Waals surface area contributed by atoms with Gasteiger partial charge in [0.1, 0.15) is 0 Å². The van der Waals surface area contributed by atoms with E-state index in [4.69, 9.17) is 4.74 Å². The number of aliphatic hydroxyl groups is 1. The normalized spacial score (nSPS) is 29.1. The van der Waals surface area contributed by atoms with E-state index in [1.807, 2.05) is 18.2 Å². The van der Waals surface area contributed by atoms with E-state index in [-0.39, 0.29) is 11.9 Å². The van der Waals surface area contributed by atoms with Crippen molar-refractivity contribution in [1.82, 2.24) is 0 Å². The molecule has 0 saturated heterocycles. The SMILES string of the molecule is CCOC(=O)CC[C@H]1C=CC=C[C@]1(C)O. The molecule has 15 heavy (non-hydrogen) atoms. The van der Waals surface area contributed by atoms with Crippen LogP contribution in [0.5, 0.6) is 0 Å². The Morgan fingerprint density at radius 2 is 2.27 bits per heavy atom. The van der Waals surface area contributed by atoms with Gasteiger partial charge in [0.15, 0.2) is 0 Å². The van der Waals surface area contributed by atoms with Gasteiger partial charge in [-0.1, -0.05) is 24.3 Å². The van der Waals surface area contributed by atoms with Crippen LogP contribution in [0.3, 0.4) is 0 Å². The van der Waals surface area contributed by atoms with Gasteiger partial charge in [-0.05, 0) is 20.3 Å². The molecule has 0 amide bonds. The van der Waals surface area contributed by atoms with Crippen molar-refractivity contribution in [2.75, 3.05) is 6.61 Å². The summed E-state index contributed by atoms with van der Waals surface area (Å²) in [6.45, 7) is 3.95. The van der Waals surface area contributed by atoms with Gasteiger partial charge in [-0.25, -0.2) is 0 Å². The van der Waals surface area contributed by atoms with Gasteiger partial charge in [0.05, 0.1) is 12.2 Å². The highest BCUT2D eigenvalue weighted by Gasteiger charge is 2.28. The summed E-state index contributed by atoms with van der Waals surface area (Å²) in [4.78, 5) is 11.2. The average Bonchev–Trinajstić information content (AvgIpc) is 2.16. The molecule has 0 aromatic heterocycles. The van der Waals surface area contributed by atoms with Crippen LogP contribution < -0.4 is 0 Å².